The molecule has 0 bridgehead atoms. The van der Waals surface area contributed by atoms with Gasteiger partial charge in [-0.05, 0) is 0 Å². The van der Waals surface area contributed by atoms with Gasteiger partial charge < -0.3 is 20.4 Å². The van der Waals surface area contributed by atoms with E-state index in [1.807, 2.05) is 0 Å². The summed E-state index contributed by atoms with van der Waals surface area (Å²) in [5.74, 6) is -5.02. The SMILES string of the molecule is O=C(O)CC(O)(CC(=O)O)C(=O)O.[253Cf]. The first kappa shape index (κ1) is 13.9. The monoisotopic (exact) mass is 445 g/mol. The molecule has 0 amide bonds. The Morgan fingerprint density at radius 2 is 1.21 bits per heavy atom. The summed E-state index contributed by atoms with van der Waals surface area (Å²) >= 11 is 0. The van der Waals surface area contributed by atoms with Crippen molar-refractivity contribution in [3.05, 3.63) is 0 Å². The third kappa shape index (κ3) is 3.67. The molecule has 0 aromatic heterocycles. The first-order valence-corrected chi connectivity index (χ1v) is 3.17. The van der Waals surface area contributed by atoms with Gasteiger partial charge in [0.2, 0.25) is 0 Å². The van der Waals surface area contributed by atoms with Crippen molar-refractivity contribution < 1.29 is 34.8 Å². The van der Waals surface area contributed by atoms with Gasteiger partial charge in [-0.2, -0.15) is 0 Å². The van der Waals surface area contributed by atoms with Crippen LogP contribution in [0.4, 0.5) is 0 Å². The molecule has 0 aliphatic carbocycles. The Morgan fingerprint density at radius 1 is 0.929 bits per heavy atom. The van der Waals surface area contributed by atoms with Crippen LogP contribution in [0.25, 0.3) is 0 Å². The van der Waals surface area contributed by atoms with E-state index in [2.05, 4.69) is 0 Å². The van der Waals surface area contributed by atoms with Crippen molar-refractivity contribution in [2.24, 2.45) is 0 Å². The maximum absolute atomic E-state index is 10.3. The van der Waals surface area contributed by atoms with Crippen LogP contribution in [0, 0.1) is 0 Å². The average molecular weight is 445 g/mol. The van der Waals surface area contributed by atoms with Crippen LogP contribution in [0.3, 0.4) is 0 Å². The molecule has 0 saturated heterocycles. The number of carbonyl (C=O) groups is 3. The van der Waals surface area contributed by atoms with Gasteiger partial charge in [-0.25, -0.2) is 4.79 Å². The fourth-order valence-electron chi connectivity index (χ4n) is 0.714. The average Bonchev–Trinajstić information content (AvgIpc) is 1.82. The van der Waals surface area contributed by atoms with Crippen LogP contribution in [0.2, 0.25) is 0 Å². The van der Waals surface area contributed by atoms with Crippen LogP contribution in [-0.2, 0) is 14.4 Å². The van der Waals surface area contributed by atoms with Gasteiger partial charge in [0.25, 0.3) is 0 Å². The molecule has 0 fully saturated rings. The molecule has 84 valence electrons. The number of hydrogen-bond acceptors (Lipinski definition) is 4. The van der Waals surface area contributed by atoms with Crippen molar-refractivity contribution in [1.82, 2.24) is 0 Å². The molecule has 14 heavy (non-hydrogen) atoms. The van der Waals surface area contributed by atoms with E-state index < -0.39 is 36.4 Å². The van der Waals surface area contributed by atoms with Crippen LogP contribution in [-0.4, -0.2) is 43.9 Å². The molecule has 4 N–H and O–H groups in total. The van der Waals surface area contributed by atoms with Gasteiger partial charge in [0.1, 0.15) is 0 Å². The van der Waals surface area contributed by atoms with Crippen LogP contribution in [0.1, 0.15) is 12.8 Å². The molecular weight excluding hydrogens is 437 g/mol. The Balaban J connectivity index is 0. The molecule has 0 aliphatic rings. The van der Waals surface area contributed by atoms with E-state index in [0.29, 0.717) is 0 Å². The maximum Gasteiger partial charge on any atom is 0.336 e. The summed E-state index contributed by atoms with van der Waals surface area (Å²) in [6, 6.07) is 0. The van der Waals surface area contributed by atoms with Crippen molar-refractivity contribution in [2.45, 2.75) is 18.4 Å². The number of carboxylic acid groups (broad SMARTS) is 3. The van der Waals surface area contributed by atoms with Crippen LogP contribution in [0.5, 0.6) is 0 Å². The number of aliphatic carboxylic acids is 3. The molecule has 0 radical (unpaired) electrons. The molecule has 8 heteroatoms. The molecule has 0 saturated carbocycles. The van der Waals surface area contributed by atoms with Gasteiger partial charge >= 0.3 is 17.9 Å². The maximum atomic E-state index is 10.3. The topological polar surface area (TPSA) is 132 Å². The van der Waals surface area contributed by atoms with Gasteiger partial charge in [-0.1, -0.05) is 0 Å². The summed E-state index contributed by atoms with van der Waals surface area (Å²) in [6.45, 7) is 0. The number of hydrogen-bond donors (Lipinski definition) is 4. The van der Waals surface area contributed by atoms with Crippen LogP contribution in [0.15, 0.2) is 0 Å². The van der Waals surface area contributed by atoms with Crippen LogP contribution >= 0.6 is 0 Å². The molecule has 0 aromatic carbocycles. The standard InChI is InChI=1S/C6H8O7.Cf/c7-3(8)1-6(13,5(11)12)2-4(9)10;/h13H,1-2H2,(H,7,8)(H,9,10)(H,11,12);/i;1+2. The molecular formula is C6H8CfO7. The van der Waals surface area contributed by atoms with Gasteiger partial charge in [0.15, 0.2) is 5.60 Å². The van der Waals surface area contributed by atoms with Gasteiger partial charge in [-0.15, -0.1) is 0 Å². The molecule has 0 atom stereocenters. The summed E-state index contributed by atoms with van der Waals surface area (Å²) in [5.41, 5.74) is -2.74. The zero-order chi connectivity index (χ0) is 10.6. The summed E-state index contributed by atoms with van der Waals surface area (Å²) in [6.07, 6.45) is -2.29. The summed E-state index contributed by atoms with van der Waals surface area (Å²) < 4.78 is 0. The summed E-state index contributed by atoms with van der Waals surface area (Å²) in [5, 5.41) is 33.8. The van der Waals surface area contributed by atoms with E-state index in [1.54, 1.807) is 0 Å². The van der Waals surface area contributed by atoms with Gasteiger partial charge in [0.05, 0.1) is 12.8 Å². The molecule has 0 aromatic rings. The van der Waals surface area contributed by atoms with Crippen LogP contribution < -0.4 is 0 Å². The van der Waals surface area contributed by atoms with E-state index in [4.69, 9.17) is 20.4 Å². The normalized spacial score (nSPS) is 10.1. The fraction of sp³-hybridized carbons (Fsp3) is 0.500. The Labute approximate surface area is 72.2 Å². The summed E-state index contributed by atoms with van der Waals surface area (Å²) in [4.78, 5) is 30.5. The number of aliphatic hydroxyl groups is 1. The minimum absolute atomic E-state index is 0. The molecule has 0 spiro atoms. The zero-order valence-electron chi connectivity index (χ0n) is 6.74. The van der Waals surface area contributed by atoms with E-state index in [0.717, 1.165) is 0 Å². The quantitative estimate of drug-likeness (QED) is 0.416. The van der Waals surface area contributed by atoms with Gasteiger partial charge in [0, 0.05) is 0 Å². The Hall–Kier alpha value is -2.63. The molecule has 0 unspecified atom stereocenters. The fourth-order valence-corrected chi connectivity index (χ4v) is 0.714. The number of carboxylic acids is 3. The number of rotatable bonds is 5. The summed E-state index contributed by atoms with van der Waals surface area (Å²) in [7, 11) is 0. The van der Waals surface area contributed by atoms with Crippen molar-refractivity contribution in [2.75, 3.05) is 0 Å². The van der Waals surface area contributed by atoms with Crippen molar-refractivity contribution in [3.8, 4) is 0 Å². The van der Waals surface area contributed by atoms with Crippen molar-refractivity contribution >= 4 is 17.9 Å². The third-order valence-electron chi connectivity index (χ3n) is 1.29. The first-order chi connectivity index (χ1) is 5.78. The van der Waals surface area contributed by atoms with Crippen molar-refractivity contribution in [1.29, 1.82) is 0 Å². The Kier molecular flexibility index (Phi) is 4.39. The van der Waals surface area contributed by atoms with E-state index in [9.17, 15) is 14.4 Å². The Bertz CT molecular complexity index is 233. The molecule has 0 heterocycles. The van der Waals surface area contributed by atoms with E-state index in [-0.39, 0.29) is 0 Å². The van der Waals surface area contributed by atoms with E-state index in [1.165, 1.54) is 0 Å². The zero-order valence-corrected chi connectivity index (χ0v) is 9.38. The second-order valence-electron chi connectivity index (χ2n) is 2.48. The van der Waals surface area contributed by atoms with E-state index >= 15 is 0 Å². The Morgan fingerprint density at radius 3 is 1.36 bits per heavy atom. The molecule has 0 rings (SSSR count). The third-order valence-corrected chi connectivity index (χ3v) is 1.29. The van der Waals surface area contributed by atoms with Gasteiger partial charge in [-0.3, -0.25) is 9.59 Å². The second-order valence-corrected chi connectivity index (χ2v) is 2.48. The first-order valence-electron chi connectivity index (χ1n) is 3.17. The minimum Gasteiger partial charge on any atom is -0.481 e. The molecule has 0 aliphatic heterocycles. The predicted octanol–water partition coefficient (Wildman–Crippen LogP) is -1.25. The smallest absolute Gasteiger partial charge is 0.336 e. The minimum atomic E-state index is -2.74. The second kappa shape index (κ2) is 4.41. The van der Waals surface area contributed by atoms with Crippen molar-refractivity contribution in [3.63, 3.8) is 0 Å². The predicted molar refractivity (Wildman–Crippen MR) is 37.1 cm³/mol. The molecule has 7 nitrogen and oxygen atoms in total. The largest absolute Gasteiger partial charge is 0.481 e.